The SMILES string of the molecule is Cc1ccn(C2=C(COc3ccc4c(c3)-c3cc(C(=O)CC(=O)c5ccc6c(c5)-c5cc(OCc7c(-n8cnc(C)c8C)cccc7-n7cnc(C)c7C)ccc5[Si]6(c5ccccc5)c5ccccc5)ccc3[Si]4(c3ccccc3)c3ccccc3)C(n3ccnc3)=CC(C)C2)c1C. The molecule has 98 heavy (non-hydrogen) atoms. The molecule has 1 unspecified atom stereocenters. The predicted octanol–water partition coefficient (Wildman–Crippen LogP) is 12.5. The zero-order valence-corrected chi connectivity index (χ0v) is 58.0. The van der Waals surface area contributed by atoms with E-state index in [1.807, 2.05) is 69.5 Å². The molecule has 13 aromatic rings. The van der Waals surface area contributed by atoms with Crippen molar-refractivity contribution >= 4 is 80.6 Å². The molecule has 0 saturated carbocycles. The summed E-state index contributed by atoms with van der Waals surface area (Å²) >= 11 is 0. The van der Waals surface area contributed by atoms with Crippen molar-refractivity contribution in [3.05, 3.63) is 318 Å². The number of aryl methyl sites for hydroxylation is 3. The van der Waals surface area contributed by atoms with E-state index in [4.69, 9.17) is 9.47 Å². The Morgan fingerprint density at radius 1 is 0.469 bits per heavy atom. The van der Waals surface area contributed by atoms with Crippen LogP contribution in [0.1, 0.15) is 80.1 Å². The fourth-order valence-electron chi connectivity index (χ4n) is 15.7. The van der Waals surface area contributed by atoms with Crippen molar-refractivity contribution in [1.29, 1.82) is 0 Å². The average Bonchev–Trinajstić information content (AvgIpc) is 1.53. The molecular weight excluding hydrogens is 1240 g/mol. The van der Waals surface area contributed by atoms with E-state index in [1.165, 1.54) is 58.4 Å². The van der Waals surface area contributed by atoms with Crippen molar-refractivity contribution < 1.29 is 19.1 Å². The topological polar surface area (TPSA) is 111 Å². The lowest BCUT2D eigenvalue weighted by molar-refractivity contribution is 0.0894. The third-order valence-electron chi connectivity index (χ3n) is 21.0. The molecule has 13 heteroatoms. The summed E-state index contributed by atoms with van der Waals surface area (Å²) in [7, 11) is -6.02. The highest BCUT2D eigenvalue weighted by atomic mass is 28.3. The maximum Gasteiger partial charge on any atom is 0.180 e. The zero-order valence-electron chi connectivity index (χ0n) is 56.0. The summed E-state index contributed by atoms with van der Waals surface area (Å²) in [5.41, 5.74) is 17.6. The summed E-state index contributed by atoms with van der Waals surface area (Å²) in [4.78, 5) is 44.3. The highest BCUT2D eigenvalue weighted by Crippen LogP contribution is 2.39. The number of hydrogen-bond donors (Lipinski definition) is 0. The first-order valence-electron chi connectivity index (χ1n) is 33.6. The van der Waals surface area contributed by atoms with Gasteiger partial charge < -0.3 is 27.7 Å². The van der Waals surface area contributed by atoms with E-state index in [-0.39, 0.29) is 30.5 Å². The molecule has 0 bridgehead atoms. The van der Waals surface area contributed by atoms with Gasteiger partial charge in [0, 0.05) is 63.6 Å². The number of fused-ring (bicyclic) bond motifs is 6. The van der Waals surface area contributed by atoms with Crippen LogP contribution in [0.2, 0.25) is 0 Å². The van der Waals surface area contributed by atoms with Gasteiger partial charge in [-0.15, -0.1) is 0 Å². The summed E-state index contributed by atoms with van der Waals surface area (Å²) in [5, 5.41) is 9.71. The number of allylic oxidation sites excluding steroid dienone is 2. The minimum absolute atomic E-state index is 0.246. The maximum absolute atomic E-state index is 15.2. The normalized spacial score (nSPS) is 14.7. The first-order chi connectivity index (χ1) is 47.8. The molecule has 0 N–H and O–H groups in total. The van der Waals surface area contributed by atoms with Crippen LogP contribution in [0.15, 0.2) is 268 Å². The first kappa shape index (κ1) is 61.6. The molecule has 16 rings (SSSR count). The Labute approximate surface area is 573 Å². The van der Waals surface area contributed by atoms with Gasteiger partial charge in [0.05, 0.1) is 53.9 Å². The monoisotopic (exact) mass is 1310 g/mol. The van der Waals surface area contributed by atoms with Crippen LogP contribution in [0.4, 0.5) is 0 Å². The fourth-order valence-corrected chi connectivity index (χ4v) is 26.0. The number of benzene rings is 9. The molecule has 0 saturated heterocycles. The van der Waals surface area contributed by atoms with Crippen LogP contribution in [0.25, 0.3) is 45.0 Å². The molecule has 0 amide bonds. The van der Waals surface area contributed by atoms with E-state index < -0.39 is 16.1 Å². The fraction of sp³-hybridized carbons (Fsp3) is 0.141. The highest BCUT2D eigenvalue weighted by Gasteiger charge is 2.51. The van der Waals surface area contributed by atoms with Crippen molar-refractivity contribution in [3.8, 4) is 45.1 Å². The van der Waals surface area contributed by atoms with Crippen LogP contribution in [0.3, 0.4) is 0 Å². The number of imidazole rings is 3. The number of nitrogens with zero attached hydrogens (tertiary/aromatic N) is 7. The lowest BCUT2D eigenvalue weighted by atomic mass is 9.92. The molecule has 4 aromatic heterocycles. The number of rotatable bonds is 18. The van der Waals surface area contributed by atoms with Crippen molar-refractivity contribution in [3.63, 3.8) is 0 Å². The molecule has 1 atom stereocenters. The summed E-state index contributed by atoms with van der Waals surface area (Å²) in [6, 6.07) is 77.2. The Morgan fingerprint density at radius 3 is 1.34 bits per heavy atom. The summed E-state index contributed by atoms with van der Waals surface area (Å²) < 4.78 is 22.8. The van der Waals surface area contributed by atoms with Gasteiger partial charge in [-0.25, -0.2) is 15.0 Å². The number of hydrogen-bond acceptors (Lipinski definition) is 7. The van der Waals surface area contributed by atoms with Gasteiger partial charge in [-0.1, -0.05) is 177 Å². The van der Waals surface area contributed by atoms with Gasteiger partial charge in [0.15, 0.2) is 27.7 Å². The summed E-state index contributed by atoms with van der Waals surface area (Å²) in [6.07, 6.45) is 14.5. The van der Waals surface area contributed by atoms with Crippen molar-refractivity contribution in [2.24, 2.45) is 5.92 Å². The van der Waals surface area contributed by atoms with Gasteiger partial charge >= 0.3 is 0 Å². The Bertz CT molecular complexity index is 5210. The minimum atomic E-state index is -3.02. The lowest BCUT2D eigenvalue weighted by Gasteiger charge is -2.31. The first-order valence-corrected chi connectivity index (χ1v) is 37.6. The van der Waals surface area contributed by atoms with Crippen molar-refractivity contribution in [2.75, 3.05) is 6.61 Å². The Morgan fingerprint density at radius 2 is 0.918 bits per heavy atom. The number of ether oxygens (including phenoxy) is 2. The van der Waals surface area contributed by atoms with Crippen LogP contribution >= 0.6 is 0 Å². The Kier molecular flexibility index (Phi) is 15.6. The van der Waals surface area contributed by atoms with E-state index in [1.54, 1.807) is 0 Å². The van der Waals surface area contributed by atoms with Crippen LogP contribution in [0, 0.1) is 47.5 Å². The Hall–Kier alpha value is -11.3. The van der Waals surface area contributed by atoms with E-state index in [2.05, 4.69) is 274 Å². The molecule has 1 aliphatic carbocycles. The molecule has 0 fully saturated rings. The second-order valence-corrected chi connectivity index (χ2v) is 33.9. The van der Waals surface area contributed by atoms with Crippen molar-refractivity contribution in [2.45, 2.75) is 67.9 Å². The summed E-state index contributed by atoms with van der Waals surface area (Å²) in [6.45, 7) is 15.4. The van der Waals surface area contributed by atoms with E-state index in [0.29, 0.717) is 23.5 Å². The van der Waals surface area contributed by atoms with Gasteiger partial charge in [-0.2, -0.15) is 0 Å². The van der Waals surface area contributed by atoms with Crippen LogP contribution in [-0.2, 0) is 6.61 Å². The smallest absolute Gasteiger partial charge is 0.180 e. The van der Waals surface area contributed by atoms with Crippen LogP contribution < -0.4 is 51.0 Å². The van der Waals surface area contributed by atoms with E-state index in [9.17, 15) is 0 Å². The number of Topliss-reactive ketones (excluding diaryl/α,β-unsaturated/α-hetero) is 2. The number of carbonyl (C=O) groups is 2. The van der Waals surface area contributed by atoms with Gasteiger partial charge in [0.1, 0.15) is 24.7 Å². The second-order valence-electron chi connectivity index (χ2n) is 26.4. The quantitative estimate of drug-likeness (QED) is 0.0478. The highest BCUT2D eigenvalue weighted by molar-refractivity contribution is 7.23. The lowest BCUT2D eigenvalue weighted by Crippen LogP contribution is -2.72. The second kappa shape index (κ2) is 24.7. The molecule has 2 aliphatic heterocycles. The van der Waals surface area contributed by atoms with Crippen LogP contribution in [0.5, 0.6) is 11.5 Å². The molecule has 11 nitrogen and oxygen atoms in total. The van der Waals surface area contributed by atoms with Gasteiger partial charge in [-0.3, -0.25) is 9.59 Å². The van der Waals surface area contributed by atoms with Crippen molar-refractivity contribution in [1.82, 2.24) is 33.2 Å². The third kappa shape index (κ3) is 10.1. The summed E-state index contributed by atoms with van der Waals surface area (Å²) in [5.74, 6) is 1.20. The van der Waals surface area contributed by atoms with E-state index >= 15 is 9.59 Å². The number of carbonyl (C=O) groups excluding carboxylic acids is 2. The largest absolute Gasteiger partial charge is 0.489 e. The number of aromatic nitrogens is 7. The molecule has 6 heterocycles. The third-order valence-corrected chi connectivity index (χ3v) is 30.8. The predicted molar refractivity (Wildman–Crippen MR) is 398 cm³/mol. The van der Waals surface area contributed by atoms with Gasteiger partial charge in [0.25, 0.3) is 0 Å². The molecular formula is C85H73N7O4Si2. The maximum atomic E-state index is 15.2. The van der Waals surface area contributed by atoms with Gasteiger partial charge in [-0.05, 0) is 178 Å². The molecule has 0 radical (unpaired) electrons. The standard InChI is InChI=1S/C85H73N7O4Si2/c1-55-43-78(89-42-40-86-52-89)75(79(44-55)90-41-39-56(2)59(90)5)51-96-65-34-38-85-73(48-65)71-46-63(32-36-83(71)98(85,68-25-16-10-17-26-68)69-27-18-11-19-28-69)81(94)49-80(93)62-31-35-82-70(45-62)72-47-64(33-37-84(72)97(82,66-21-12-8-13-22-66)67-23-14-9-15-24-67)95-50-74-76(91-53-87-57(3)60(91)6)29-20-30-77(74)92-54-88-58(4)61(92)7/h8-43,45-48,52-55H,44,49-51H2,1-7H3. The average molecular weight is 1310 g/mol. The molecule has 9 aromatic carbocycles. The number of ketones is 2. The molecule has 0 spiro atoms. The molecule has 3 aliphatic rings. The minimum Gasteiger partial charge on any atom is -0.489 e. The zero-order chi connectivity index (χ0) is 67.0. The Balaban J connectivity index is 0.769. The van der Waals surface area contributed by atoms with Crippen LogP contribution in [-0.4, -0.2) is 67.5 Å². The molecule has 480 valence electrons. The van der Waals surface area contributed by atoms with E-state index in [0.717, 1.165) is 85.4 Å². The van der Waals surface area contributed by atoms with Gasteiger partial charge in [0.2, 0.25) is 0 Å².